The zero-order chi connectivity index (χ0) is 40.0. The highest BCUT2D eigenvalue weighted by Crippen LogP contribution is 2.44. The number of aliphatic hydroxyl groups is 3. The fraction of sp³-hybridized carbons (Fsp3) is 0.468. The molecule has 0 saturated heterocycles. The molecule has 298 valence electrons. The molecule has 3 heterocycles. The number of phenolic OH excluding ortho intramolecular Hbond substituents is 1. The molecule has 3 aliphatic heterocycles. The van der Waals surface area contributed by atoms with Gasteiger partial charge in [-0.3, -0.25) is 9.59 Å². The van der Waals surface area contributed by atoms with Gasteiger partial charge in [0.1, 0.15) is 29.0 Å². The lowest BCUT2D eigenvalue weighted by Crippen LogP contribution is -2.52. The predicted octanol–water partition coefficient (Wildman–Crippen LogP) is 5.88. The van der Waals surface area contributed by atoms with Gasteiger partial charge in [-0.05, 0) is 123 Å². The summed E-state index contributed by atoms with van der Waals surface area (Å²) in [5.41, 5.74) is 6.42. The number of benzene rings is 3. The first-order valence-corrected chi connectivity index (χ1v) is 20.4. The number of aliphatic hydroxyl groups excluding tert-OH is 2. The van der Waals surface area contributed by atoms with Gasteiger partial charge in [-0.2, -0.15) is 0 Å². The van der Waals surface area contributed by atoms with Crippen molar-refractivity contribution in [1.82, 2.24) is 0 Å². The summed E-state index contributed by atoms with van der Waals surface area (Å²) < 4.78 is 12.2. The zero-order valence-corrected chi connectivity index (χ0v) is 32.6. The normalized spacial score (nSPS) is 28.9. The summed E-state index contributed by atoms with van der Waals surface area (Å²) in [6.45, 7) is 3.40. The van der Waals surface area contributed by atoms with Crippen LogP contribution in [0.25, 0.3) is 0 Å². The van der Waals surface area contributed by atoms with Crippen molar-refractivity contribution < 1.29 is 44.3 Å². The highest BCUT2D eigenvalue weighted by atomic mass is 16.6. The molecule has 5 N–H and O–H groups in total. The molecule has 57 heavy (non-hydrogen) atoms. The van der Waals surface area contributed by atoms with Crippen LogP contribution in [0, 0.1) is 23.7 Å². The number of aromatic hydroxyl groups is 1. The van der Waals surface area contributed by atoms with Crippen LogP contribution in [0.5, 0.6) is 11.5 Å². The average Bonchev–Trinajstić information content (AvgIpc) is 3.39. The number of nitrogens with one attached hydrogen (secondary N) is 1. The second-order valence-electron chi connectivity index (χ2n) is 17.0. The smallest absolute Gasteiger partial charge is 0.334 e. The first-order valence-electron chi connectivity index (χ1n) is 20.4. The fourth-order valence-corrected chi connectivity index (χ4v) is 9.57. The summed E-state index contributed by atoms with van der Waals surface area (Å²) >= 11 is 0. The van der Waals surface area contributed by atoms with E-state index in [2.05, 4.69) is 35.4 Å². The van der Waals surface area contributed by atoms with Gasteiger partial charge in [0, 0.05) is 54.1 Å². The number of ether oxygens (including phenoxy) is 2. The maximum Gasteiger partial charge on any atom is 0.334 e. The van der Waals surface area contributed by atoms with Gasteiger partial charge in [0.25, 0.3) is 0 Å². The second kappa shape index (κ2) is 15.8. The number of fused-ring (bicyclic) bond motifs is 9. The molecule has 1 fully saturated rings. The predicted molar refractivity (Wildman–Crippen MR) is 213 cm³/mol. The van der Waals surface area contributed by atoms with E-state index in [1.165, 1.54) is 17.2 Å². The number of hydrogen-bond donors (Lipinski definition) is 5. The summed E-state index contributed by atoms with van der Waals surface area (Å²) in [5, 5.41) is 47.7. The molecule has 0 amide bonds. The number of allylic oxidation sites excluding steroid dienone is 1. The first kappa shape index (κ1) is 38.9. The van der Waals surface area contributed by atoms with Crippen LogP contribution >= 0.6 is 0 Å². The Morgan fingerprint density at radius 2 is 1.68 bits per heavy atom. The number of phenols is 1. The highest BCUT2D eigenvalue weighted by molar-refractivity contribution is 5.90. The van der Waals surface area contributed by atoms with E-state index >= 15 is 4.79 Å². The lowest BCUT2D eigenvalue weighted by molar-refractivity contribution is -0.170. The minimum absolute atomic E-state index is 0.0168. The van der Waals surface area contributed by atoms with Crippen LogP contribution in [0.3, 0.4) is 0 Å². The van der Waals surface area contributed by atoms with Crippen molar-refractivity contribution in [2.75, 3.05) is 11.9 Å². The van der Waals surface area contributed by atoms with Crippen LogP contribution in [0.2, 0.25) is 0 Å². The number of rotatable bonds is 5. The molecule has 3 aromatic carbocycles. The Morgan fingerprint density at radius 3 is 2.47 bits per heavy atom. The Morgan fingerprint density at radius 1 is 0.895 bits per heavy atom. The van der Waals surface area contributed by atoms with Gasteiger partial charge in [0.2, 0.25) is 0 Å². The largest absolute Gasteiger partial charge is 0.508 e. The van der Waals surface area contributed by atoms with Crippen LogP contribution in [-0.4, -0.2) is 62.5 Å². The molecule has 0 radical (unpaired) electrons. The number of ketones is 1. The van der Waals surface area contributed by atoms with Crippen molar-refractivity contribution in [2.45, 2.75) is 121 Å². The molecule has 0 spiro atoms. The number of esters is 2. The SMILES string of the molecule is C[C@H](O)CNc1cc(CO)cc([C@H]2C#C[C@@H]3CC(=O)Oc4cc(O)c(cc43)C[C@H]3OC(=O)/C(=C4\CCc5ccc(cc5CC4)C[C@H]4C[C@@H](CCC4=O)[C@]3(C)O)C2)c1. The van der Waals surface area contributed by atoms with Crippen molar-refractivity contribution >= 4 is 23.4 Å². The number of hydrogen-bond acceptors (Lipinski definition) is 10. The monoisotopic (exact) mass is 773 g/mol. The summed E-state index contributed by atoms with van der Waals surface area (Å²) in [4.78, 5) is 41.4. The van der Waals surface area contributed by atoms with Crippen LogP contribution in [0.4, 0.5) is 5.69 Å². The maximum atomic E-state index is 15.0. The summed E-state index contributed by atoms with van der Waals surface area (Å²) in [6.07, 6.45) is 2.77. The molecule has 2 aliphatic carbocycles. The van der Waals surface area contributed by atoms with Crippen molar-refractivity contribution in [3.05, 3.63) is 98.6 Å². The molecule has 8 rings (SSSR count). The van der Waals surface area contributed by atoms with E-state index in [1.807, 2.05) is 18.2 Å². The molecule has 3 aromatic rings. The molecule has 0 unspecified atom stereocenters. The number of carbonyl (C=O) groups is 3. The Bertz CT molecular complexity index is 2210. The Kier molecular flexibility index (Phi) is 10.8. The van der Waals surface area contributed by atoms with Crippen molar-refractivity contribution in [1.29, 1.82) is 0 Å². The van der Waals surface area contributed by atoms with Gasteiger partial charge < -0.3 is 35.2 Å². The van der Waals surface area contributed by atoms with E-state index in [9.17, 15) is 30.0 Å². The Hall–Kier alpha value is -4.95. The molecule has 10 heteroatoms. The minimum Gasteiger partial charge on any atom is -0.508 e. The van der Waals surface area contributed by atoms with Gasteiger partial charge in [-0.1, -0.05) is 41.7 Å². The minimum atomic E-state index is -1.59. The zero-order valence-electron chi connectivity index (χ0n) is 32.6. The quantitative estimate of drug-likeness (QED) is 0.120. The summed E-state index contributed by atoms with van der Waals surface area (Å²) in [6, 6.07) is 15.2. The molecule has 5 aliphatic rings. The van der Waals surface area contributed by atoms with E-state index in [0.29, 0.717) is 79.3 Å². The molecule has 7 atom stereocenters. The van der Waals surface area contributed by atoms with Crippen molar-refractivity contribution in [3.63, 3.8) is 0 Å². The summed E-state index contributed by atoms with van der Waals surface area (Å²) in [7, 11) is 0. The highest BCUT2D eigenvalue weighted by Gasteiger charge is 2.47. The molecular formula is C47H51NO9. The van der Waals surface area contributed by atoms with Gasteiger partial charge in [0.15, 0.2) is 0 Å². The van der Waals surface area contributed by atoms with Crippen LogP contribution in [0.1, 0.15) is 110 Å². The fourth-order valence-electron chi connectivity index (χ4n) is 9.57. The van der Waals surface area contributed by atoms with E-state index in [4.69, 9.17) is 9.47 Å². The third kappa shape index (κ3) is 8.11. The van der Waals surface area contributed by atoms with Crippen LogP contribution < -0.4 is 10.1 Å². The first-order chi connectivity index (χ1) is 27.3. The lowest BCUT2D eigenvalue weighted by atomic mass is 9.68. The maximum absolute atomic E-state index is 15.0. The van der Waals surface area contributed by atoms with E-state index in [1.54, 1.807) is 19.9 Å². The van der Waals surface area contributed by atoms with Gasteiger partial charge >= 0.3 is 11.9 Å². The van der Waals surface area contributed by atoms with E-state index < -0.39 is 41.6 Å². The molecule has 0 aromatic heterocycles. The number of carbonyl (C=O) groups excluding carboxylic acids is 3. The standard InChI is InChI=1S/C47H51NO9/c1-26(50)24-48-38-16-28(25-49)15-34(18-38)32-9-10-33-22-45(53)56-43-23-42(52)36(20-39(33)43)21-44-47(2,55)37-11-12-41(51)35(17-37)14-27-3-4-29-5-6-30(7-8-31(29)13-27)40(19-32)46(54)57-44/h3-4,13,15-16,18,20,23,26,32-33,35,37,44,48-50,52,55H,5-8,11-12,14,17,19,21-22,24-25H2,1-2H3/b40-30+/t26-,32-,33+,35-,37+,44+,47-/m0/s1. The van der Waals surface area contributed by atoms with E-state index in [-0.39, 0.29) is 61.5 Å². The van der Waals surface area contributed by atoms with Gasteiger partial charge in [-0.25, -0.2) is 4.79 Å². The van der Waals surface area contributed by atoms with E-state index in [0.717, 1.165) is 16.7 Å². The summed E-state index contributed by atoms with van der Waals surface area (Å²) in [5.74, 6) is 4.16. The second-order valence-corrected chi connectivity index (χ2v) is 17.0. The Balaban J connectivity index is 1.33. The molecular weight excluding hydrogens is 723 g/mol. The average molecular weight is 774 g/mol. The Labute approximate surface area is 333 Å². The van der Waals surface area contributed by atoms with Crippen molar-refractivity contribution in [2.24, 2.45) is 11.8 Å². The lowest BCUT2D eigenvalue weighted by Gasteiger charge is -2.42. The molecule has 10 nitrogen and oxygen atoms in total. The topological polar surface area (TPSA) is 163 Å². The third-order valence-corrected chi connectivity index (χ3v) is 12.9. The molecule has 9 bridgehead atoms. The van der Waals surface area contributed by atoms with Crippen molar-refractivity contribution in [3.8, 4) is 23.3 Å². The van der Waals surface area contributed by atoms with Crippen LogP contribution in [0.15, 0.2) is 59.7 Å². The number of anilines is 1. The van der Waals surface area contributed by atoms with Gasteiger partial charge in [-0.15, -0.1) is 0 Å². The number of aryl methyl sites for hydroxylation is 2. The number of Topliss-reactive ketones (excluding diaryl/α,β-unsaturated/α-hetero) is 1. The third-order valence-electron chi connectivity index (χ3n) is 12.9. The van der Waals surface area contributed by atoms with Crippen LogP contribution in [-0.2, 0) is 51.4 Å². The molecule has 1 saturated carbocycles. The van der Waals surface area contributed by atoms with Gasteiger partial charge in [0.05, 0.1) is 25.0 Å².